The van der Waals surface area contributed by atoms with Gasteiger partial charge in [0.05, 0.1) is 17.8 Å². The van der Waals surface area contributed by atoms with Crippen molar-refractivity contribution in [2.24, 2.45) is 0 Å². The molecule has 0 saturated carbocycles. The third kappa shape index (κ3) is 7.51. The molecule has 4 nitrogen and oxygen atoms in total. The molecule has 4 heteroatoms. The van der Waals surface area contributed by atoms with Crippen molar-refractivity contribution in [1.29, 1.82) is 0 Å². The highest BCUT2D eigenvalue weighted by Gasteiger charge is 2.34. The van der Waals surface area contributed by atoms with E-state index < -0.39 is 11.6 Å². The fourth-order valence-electron chi connectivity index (χ4n) is 4.77. The lowest BCUT2D eigenvalue weighted by molar-refractivity contribution is -0.0811. The van der Waals surface area contributed by atoms with Crippen molar-refractivity contribution in [3.05, 3.63) is 107 Å². The smallest absolute Gasteiger partial charge is 0.335 e. The van der Waals surface area contributed by atoms with Gasteiger partial charge in [-0.2, -0.15) is 0 Å². The van der Waals surface area contributed by atoms with Crippen LogP contribution in [0.4, 0.5) is 0 Å². The minimum atomic E-state index is -0.914. The number of benzene rings is 3. The zero-order valence-corrected chi connectivity index (χ0v) is 21.5. The molecule has 0 saturated heterocycles. The van der Waals surface area contributed by atoms with Crippen LogP contribution >= 0.6 is 0 Å². The van der Waals surface area contributed by atoms with E-state index in [1.54, 1.807) is 12.1 Å². The Morgan fingerprint density at radius 1 is 0.800 bits per heavy atom. The van der Waals surface area contributed by atoms with Crippen molar-refractivity contribution >= 4 is 5.97 Å². The first-order chi connectivity index (χ1) is 16.8. The molecule has 0 bridgehead atoms. The highest BCUT2D eigenvalue weighted by Crippen LogP contribution is 2.37. The zero-order valence-electron chi connectivity index (χ0n) is 21.5. The van der Waals surface area contributed by atoms with E-state index in [9.17, 15) is 9.90 Å². The predicted molar refractivity (Wildman–Crippen MR) is 143 cm³/mol. The average Bonchev–Trinajstić information content (AvgIpc) is 2.86. The van der Waals surface area contributed by atoms with Gasteiger partial charge in [0.2, 0.25) is 0 Å². The summed E-state index contributed by atoms with van der Waals surface area (Å²) >= 11 is 0. The van der Waals surface area contributed by atoms with Crippen LogP contribution in [0.25, 0.3) is 0 Å². The van der Waals surface area contributed by atoms with Crippen molar-refractivity contribution in [3.8, 4) is 0 Å². The summed E-state index contributed by atoms with van der Waals surface area (Å²) in [5.41, 5.74) is 3.17. The van der Waals surface area contributed by atoms with E-state index in [2.05, 4.69) is 69.0 Å². The maximum absolute atomic E-state index is 11.5. The van der Waals surface area contributed by atoms with E-state index in [-0.39, 0.29) is 0 Å². The van der Waals surface area contributed by atoms with Crippen LogP contribution in [0.3, 0.4) is 0 Å². The normalized spacial score (nSPS) is 13.3. The Balaban J connectivity index is 1.98. The third-order valence-electron chi connectivity index (χ3n) is 6.78. The van der Waals surface area contributed by atoms with Gasteiger partial charge in [-0.3, -0.25) is 4.90 Å². The third-order valence-corrected chi connectivity index (χ3v) is 6.78. The van der Waals surface area contributed by atoms with Gasteiger partial charge in [0.25, 0.3) is 0 Å². The Kier molecular flexibility index (Phi) is 9.64. The molecule has 0 aliphatic rings. The summed E-state index contributed by atoms with van der Waals surface area (Å²) in [4.78, 5) is 14.0. The molecule has 0 radical (unpaired) electrons. The van der Waals surface area contributed by atoms with Crippen LogP contribution in [0.2, 0.25) is 0 Å². The highest BCUT2D eigenvalue weighted by atomic mass is 16.5. The SMILES string of the molecule is CC(C)N(CCC(CCc1ccccc1)(OCc1ccccc1)c1ccc(C(=O)O)cc1)C(C)C. The van der Waals surface area contributed by atoms with Gasteiger partial charge in [-0.1, -0.05) is 72.8 Å². The van der Waals surface area contributed by atoms with Crippen LogP contribution < -0.4 is 0 Å². The fourth-order valence-corrected chi connectivity index (χ4v) is 4.77. The maximum atomic E-state index is 11.5. The van der Waals surface area contributed by atoms with Crippen molar-refractivity contribution in [2.45, 2.75) is 71.2 Å². The number of hydrogen-bond donors (Lipinski definition) is 1. The lowest BCUT2D eigenvalue weighted by Crippen LogP contribution is -2.42. The second-order valence-corrected chi connectivity index (χ2v) is 9.81. The van der Waals surface area contributed by atoms with Gasteiger partial charge < -0.3 is 9.84 Å². The molecule has 3 aromatic carbocycles. The zero-order chi connectivity index (χ0) is 25.3. The number of carboxylic acids is 1. The lowest BCUT2D eigenvalue weighted by atomic mass is 9.83. The van der Waals surface area contributed by atoms with Crippen LogP contribution in [0.1, 0.15) is 67.6 Å². The molecule has 0 amide bonds. The van der Waals surface area contributed by atoms with Crippen molar-refractivity contribution in [1.82, 2.24) is 4.90 Å². The Morgan fingerprint density at radius 3 is 1.86 bits per heavy atom. The number of aromatic carboxylic acids is 1. The van der Waals surface area contributed by atoms with Crippen LogP contribution in [-0.2, 0) is 23.4 Å². The Labute approximate surface area is 210 Å². The number of rotatable bonds is 13. The highest BCUT2D eigenvalue weighted by molar-refractivity contribution is 5.87. The lowest BCUT2D eigenvalue weighted by Gasteiger charge is -2.39. The van der Waals surface area contributed by atoms with Gasteiger partial charge >= 0.3 is 5.97 Å². The maximum Gasteiger partial charge on any atom is 0.335 e. The Bertz CT molecular complexity index is 978. The second-order valence-electron chi connectivity index (χ2n) is 9.81. The van der Waals surface area contributed by atoms with Gasteiger partial charge in [-0.25, -0.2) is 4.79 Å². The van der Waals surface area contributed by atoms with Gasteiger partial charge in [0.15, 0.2) is 0 Å². The minimum Gasteiger partial charge on any atom is -0.478 e. The molecule has 1 unspecified atom stereocenters. The van der Waals surface area contributed by atoms with Crippen molar-refractivity contribution in [2.75, 3.05) is 6.54 Å². The van der Waals surface area contributed by atoms with E-state index in [0.717, 1.165) is 36.9 Å². The predicted octanol–water partition coefficient (Wildman–Crippen LogP) is 6.94. The van der Waals surface area contributed by atoms with E-state index in [0.29, 0.717) is 24.3 Å². The van der Waals surface area contributed by atoms with E-state index >= 15 is 0 Å². The molecule has 0 heterocycles. The van der Waals surface area contributed by atoms with E-state index in [1.807, 2.05) is 36.4 Å². The molecule has 0 fully saturated rings. The van der Waals surface area contributed by atoms with Gasteiger partial charge in [-0.05, 0) is 75.8 Å². The summed E-state index contributed by atoms with van der Waals surface area (Å²) in [6.07, 6.45) is 2.50. The first-order valence-corrected chi connectivity index (χ1v) is 12.6. The largest absolute Gasteiger partial charge is 0.478 e. The standard InChI is InChI=1S/C31H39NO3/c1-24(2)32(25(3)4)22-21-31(20-19-26-11-7-5-8-12-26,35-23-27-13-9-6-10-14-27)29-17-15-28(16-18-29)30(33)34/h5-18,24-25H,19-23H2,1-4H3,(H,33,34). The van der Waals surface area contributed by atoms with Crippen LogP contribution in [0, 0.1) is 0 Å². The van der Waals surface area contributed by atoms with Crippen LogP contribution in [-0.4, -0.2) is 34.6 Å². The number of carboxylic acid groups (broad SMARTS) is 1. The van der Waals surface area contributed by atoms with Crippen LogP contribution in [0.5, 0.6) is 0 Å². The molecule has 3 rings (SSSR count). The Morgan fingerprint density at radius 2 is 1.34 bits per heavy atom. The van der Waals surface area contributed by atoms with E-state index in [1.165, 1.54) is 5.56 Å². The van der Waals surface area contributed by atoms with Crippen molar-refractivity contribution < 1.29 is 14.6 Å². The fraction of sp³-hybridized carbons (Fsp3) is 0.387. The molecule has 1 atom stereocenters. The molecule has 1 N–H and O–H groups in total. The van der Waals surface area contributed by atoms with Gasteiger partial charge in [0, 0.05) is 18.6 Å². The van der Waals surface area contributed by atoms with Crippen molar-refractivity contribution in [3.63, 3.8) is 0 Å². The average molecular weight is 474 g/mol. The summed E-state index contributed by atoms with van der Waals surface area (Å²) in [7, 11) is 0. The molecule has 186 valence electrons. The monoisotopic (exact) mass is 473 g/mol. The summed E-state index contributed by atoms with van der Waals surface area (Å²) in [5.74, 6) is -0.914. The summed E-state index contributed by atoms with van der Waals surface area (Å²) < 4.78 is 6.86. The van der Waals surface area contributed by atoms with Crippen LogP contribution in [0.15, 0.2) is 84.9 Å². The molecular weight excluding hydrogens is 434 g/mol. The first kappa shape index (κ1) is 26.7. The molecule has 3 aromatic rings. The number of carbonyl (C=O) groups is 1. The molecule has 0 aliphatic carbocycles. The Hall–Kier alpha value is -2.95. The summed E-state index contributed by atoms with van der Waals surface area (Å²) in [6, 6.07) is 28.9. The summed E-state index contributed by atoms with van der Waals surface area (Å²) in [5, 5.41) is 9.44. The molecule has 0 spiro atoms. The quantitative estimate of drug-likeness (QED) is 0.292. The number of hydrogen-bond acceptors (Lipinski definition) is 3. The molecule has 35 heavy (non-hydrogen) atoms. The number of aryl methyl sites for hydroxylation is 1. The van der Waals surface area contributed by atoms with Gasteiger partial charge in [0.1, 0.15) is 0 Å². The van der Waals surface area contributed by atoms with E-state index in [4.69, 9.17) is 4.74 Å². The molecular formula is C31H39NO3. The molecule has 0 aliphatic heterocycles. The first-order valence-electron chi connectivity index (χ1n) is 12.6. The number of nitrogens with zero attached hydrogens (tertiary/aromatic N) is 1. The molecule has 0 aromatic heterocycles. The second kappa shape index (κ2) is 12.7. The van der Waals surface area contributed by atoms with Gasteiger partial charge in [-0.15, -0.1) is 0 Å². The summed E-state index contributed by atoms with van der Waals surface area (Å²) in [6.45, 7) is 10.3. The minimum absolute atomic E-state index is 0.291. The topological polar surface area (TPSA) is 49.8 Å². The number of ether oxygens (including phenoxy) is 1.